The summed E-state index contributed by atoms with van der Waals surface area (Å²) in [4.78, 5) is 22.7. The number of pyridine rings is 1. The molecule has 2 aromatic carbocycles. The van der Waals surface area contributed by atoms with E-state index in [0.717, 1.165) is 40.3 Å². The van der Waals surface area contributed by atoms with E-state index in [0.29, 0.717) is 17.5 Å². The van der Waals surface area contributed by atoms with Gasteiger partial charge in [0.25, 0.3) is 5.56 Å². The molecule has 0 spiro atoms. The lowest BCUT2D eigenvalue weighted by molar-refractivity contribution is 0.0738. The van der Waals surface area contributed by atoms with Crippen LogP contribution in [-0.4, -0.2) is 19.6 Å². The minimum Gasteiger partial charge on any atom is -0.384 e. The van der Waals surface area contributed by atoms with Crippen molar-refractivity contribution in [1.82, 2.24) is 14.5 Å². The number of hydrogen-bond acceptors (Lipinski definition) is 4. The Kier molecular flexibility index (Phi) is 5.30. The van der Waals surface area contributed by atoms with Gasteiger partial charge in [0.2, 0.25) is 0 Å². The number of nitrogens with zero attached hydrogens (tertiary/aromatic N) is 3. The van der Waals surface area contributed by atoms with E-state index in [9.17, 15) is 9.90 Å². The molecule has 0 saturated heterocycles. The van der Waals surface area contributed by atoms with Crippen LogP contribution >= 0.6 is 0 Å². The number of rotatable bonds is 4. The van der Waals surface area contributed by atoms with E-state index in [1.54, 1.807) is 20.2 Å². The molecule has 0 radical (unpaired) electrons. The maximum Gasteiger partial charge on any atom is 0.261 e. The van der Waals surface area contributed by atoms with Crippen LogP contribution in [0.15, 0.2) is 59.8 Å². The highest BCUT2D eigenvalue weighted by Gasteiger charge is 2.20. The van der Waals surface area contributed by atoms with Gasteiger partial charge in [0.05, 0.1) is 22.9 Å². The number of aliphatic hydroxyl groups is 1. The van der Waals surface area contributed by atoms with Gasteiger partial charge in [-0.2, -0.15) is 0 Å². The fourth-order valence-electron chi connectivity index (χ4n) is 4.93. The predicted octanol–water partition coefficient (Wildman–Crippen LogP) is 5.27. The first-order chi connectivity index (χ1) is 15.4. The van der Waals surface area contributed by atoms with E-state index in [1.807, 2.05) is 47.2 Å². The van der Waals surface area contributed by atoms with Crippen molar-refractivity contribution in [3.63, 3.8) is 0 Å². The predicted molar refractivity (Wildman–Crippen MR) is 128 cm³/mol. The van der Waals surface area contributed by atoms with Crippen LogP contribution in [0, 0.1) is 0 Å². The minimum absolute atomic E-state index is 0.0596. The van der Waals surface area contributed by atoms with Gasteiger partial charge in [0, 0.05) is 17.6 Å². The van der Waals surface area contributed by atoms with Crippen molar-refractivity contribution in [2.24, 2.45) is 0 Å². The third kappa shape index (κ3) is 3.82. The van der Waals surface area contributed by atoms with Crippen molar-refractivity contribution in [3.8, 4) is 0 Å². The lowest BCUT2D eigenvalue weighted by Gasteiger charge is -2.24. The monoisotopic (exact) mass is 427 g/mol. The normalized spacial score (nSPS) is 15.5. The van der Waals surface area contributed by atoms with Crippen molar-refractivity contribution in [3.05, 3.63) is 82.2 Å². The molecule has 1 saturated carbocycles. The summed E-state index contributed by atoms with van der Waals surface area (Å²) >= 11 is 0. The summed E-state index contributed by atoms with van der Waals surface area (Å²) < 4.78 is 1.86. The molecule has 2 heterocycles. The number of benzene rings is 2. The van der Waals surface area contributed by atoms with Gasteiger partial charge in [0.15, 0.2) is 0 Å². The zero-order valence-corrected chi connectivity index (χ0v) is 18.7. The zero-order valence-electron chi connectivity index (χ0n) is 18.7. The molecule has 1 aliphatic carbocycles. The zero-order chi connectivity index (χ0) is 22.3. The summed E-state index contributed by atoms with van der Waals surface area (Å²) in [6.07, 6.45) is 9.92. The molecule has 0 unspecified atom stereocenters. The molecule has 2 aromatic heterocycles. The largest absolute Gasteiger partial charge is 0.384 e. The maximum absolute atomic E-state index is 13.5. The molecular weight excluding hydrogens is 398 g/mol. The molecule has 1 N–H and O–H groups in total. The molecule has 0 amide bonds. The Bertz CT molecular complexity index is 1330. The highest BCUT2D eigenvalue weighted by Crippen LogP contribution is 2.30. The van der Waals surface area contributed by atoms with Crippen LogP contribution in [0.4, 0.5) is 0 Å². The summed E-state index contributed by atoms with van der Waals surface area (Å²) in [5, 5.41) is 13.0. The molecule has 4 aromatic rings. The van der Waals surface area contributed by atoms with Crippen LogP contribution in [0.1, 0.15) is 68.8 Å². The first-order valence-electron chi connectivity index (χ1n) is 11.5. The fraction of sp³-hybridized carbons (Fsp3) is 0.370. The van der Waals surface area contributed by atoms with Crippen LogP contribution in [0.5, 0.6) is 0 Å². The Morgan fingerprint density at radius 1 is 1.00 bits per heavy atom. The van der Waals surface area contributed by atoms with E-state index < -0.39 is 5.60 Å². The van der Waals surface area contributed by atoms with Crippen molar-refractivity contribution in [2.45, 2.75) is 64.0 Å². The second-order valence-electron chi connectivity index (χ2n) is 9.51. The molecule has 0 atom stereocenters. The van der Waals surface area contributed by atoms with Crippen LogP contribution in [0.3, 0.4) is 0 Å². The van der Waals surface area contributed by atoms with Crippen molar-refractivity contribution in [1.29, 1.82) is 0 Å². The van der Waals surface area contributed by atoms with E-state index in [4.69, 9.17) is 4.98 Å². The second-order valence-corrected chi connectivity index (χ2v) is 9.51. The van der Waals surface area contributed by atoms with Gasteiger partial charge in [-0.1, -0.05) is 49.6 Å². The quantitative estimate of drug-likeness (QED) is 0.451. The van der Waals surface area contributed by atoms with Crippen LogP contribution in [-0.2, 0) is 12.0 Å². The van der Waals surface area contributed by atoms with Gasteiger partial charge in [-0.05, 0) is 61.8 Å². The third-order valence-electron chi connectivity index (χ3n) is 6.69. The van der Waals surface area contributed by atoms with Gasteiger partial charge >= 0.3 is 0 Å². The van der Waals surface area contributed by atoms with E-state index in [2.05, 4.69) is 11.1 Å². The molecule has 1 aliphatic rings. The first-order valence-corrected chi connectivity index (χ1v) is 11.5. The van der Waals surface area contributed by atoms with Crippen LogP contribution in [0.2, 0.25) is 0 Å². The highest BCUT2D eigenvalue weighted by molar-refractivity contribution is 6.06. The first kappa shape index (κ1) is 20.8. The minimum atomic E-state index is -0.968. The van der Waals surface area contributed by atoms with E-state index in [1.165, 1.54) is 19.3 Å². The molecule has 5 rings (SSSR count). The van der Waals surface area contributed by atoms with E-state index in [-0.39, 0.29) is 11.6 Å². The SMILES string of the molecule is CC(C)(O)c1ccc(Cc2cc3c(=O)n(C4CCCCC4)cnc3c3ccccc23)cn1. The average Bonchev–Trinajstić information content (AvgIpc) is 2.80. The van der Waals surface area contributed by atoms with Crippen molar-refractivity contribution in [2.75, 3.05) is 0 Å². The lowest BCUT2D eigenvalue weighted by Crippen LogP contribution is -2.26. The summed E-state index contributed by atoms with van der Waals surface area (Å²) in [5.41, 5.74) is 2.64. The topological polar surface area (TPSA) is 68.0 Å². The summed E-state index contributed by atoms with van der Waals surface area (Å²) in [5.74, 6) is 0. The smallest absolute Gasteiger partial charge is 0.261 e. The van der Waals surface area contributed by atoms with Gasteiger partial charge in [-0.3, -0.25) is 14.3 Å². The van der Waals surface area contributed by atoms with Gasteiger partial charge in [-0.15, -0.1) is 0 Å². The van der Waals surface area contributed by atoms with Crippen molar-refractivity contribution >= 4 is 21.7 Å². The molecule has 0 bridgehead atoms. The molecule has 0 aliphatic heterocycles. The summed E-state index contributed by atoms with van der Waals surface area (Å²) in [6, 6.07) is 14.3. The second kappa shape index (κ2) is 8.14. The maximum atomic E-state index is 13.5. The molecule has 32 heavy (non-hydrogen) atoms. The molecule has 5 nitrogen and oxygen atoms in total. The Morgan fingerprint density at radius 2 is 1.75 bits per heavy atom. The highest BCUT2D eigenvalue weighted by atomic mass is 16.3. The number of fused-ring (bicyclic) bond motifs is 3. The third-order valence-corrected chi connectivity index (χ3v) is 6.69. The Morgan fingerprint density at radius 3 is 2.44 bits per heavy atom. The van der Waals surface area contributed by atoms with Crippen molar-refractivity contribution < 1.29 is 5.11 Å². The number of aromatic nitrogens is 3. The van der Waals surface area contributed by atoms with Gasteiger partial charge in [-0.25, -0.2) is 4.98 Å². The molecule has 1 fully saturated rings. The summed E-state index contributed by atoms with van der Waals surface area (Å²) in [6.45, 7) is 3.46. The fourth-order valence-corrected chi connectivity index (χ4v) is 4.93. The number of hydrogen-bond donors (Lipinski definition) is 1. The van der Waals surface area contributed by atoms with Crippen LogP contribution < -0.4 is 5.56 Å². The standard InChI is InChI=1S/C27H29N3O2/c1-27(2,32)24-13-12-18(16-28-24)14-19-15-23-25(22-11-7-6-10-21(19)22)29-17-30(26(23)31)20-8-4-3-5-9-20/h6-7,10-13,15-17,20,32H,3-5,8-9,14H2,1-2H3. The Balaban J connectivity index is 1.62. The van der Waals surface area contributed by atoms with Gasteiger partial charge < -0.3 is 5.11 Å². The van der Waals surface area contributed by atoms with E-state index >= 15 is 0 Å². The Hall–Kier alpha value is -3.05. The lowest BCUT2D eigenvalue weighted by atomic mass is 9.94. The average molecular weight is 428 g/mol. The van der Waals surface area contributed by atoms with Gasteiger partial charge in [0.1, 0.15) is 5.60 Å². The Labute approximate surface area is 187 Å². The molecule has 5 heteroatoms. The molecule has 164 valence electrons. The summed E-state index contributed by atoms with van der Waals surface area (Å²) in [7, 11) is 0. The molecular formula is C27H29N3O2. The van der Waals surface area contributed by atoms with Crippen LogP contribution in [0.25, 0.3) is 21.7 Å².